The van der Waals surface area contributed by atoms with Gasteiger partial charge in [-0.15, -0.1) is 0 Å². The van der Waals surface area contributed by atoms with E-state index < -0.39 is 6.03 Å². The van der Waals surface area contributed by atoms with Gasteiger partial charge in [-0.2, -0.15) is 5.10 Å². The van der Waals surface area contributed by atoms with Crippen molar-refractivity contribution >= 4 is 11.7 Å². The third kappa shape index (κ3) is 3.91. The van der Waals surface area contributed by atoms with Crippen LogP contribution < -0.4 is 11.2 Å². The average molecular weight is 177 g/mol. The third-order valence-corrected chi connectivity index (χ3v) is 1.39. The fraction of sp³-hybridized carbons (Fsp3) is 0.111. The van der Waals surface area contributed by atoms with Crippen LogP contribution in [0.2, 0.25) is 0 Å². The minimum atomic E-state index is -0.650. The summed E-state index contributed by atoms with van der Waals surface area (Å²) < 4.78 is 0. The maximum absolute atomic E-state index is 10.3. The molecule has 1 aliphatic carbocycles. The SMILES string of the molecule is NC(=O)N\N=C1/C=C\C=C/C=C\C1. The molecule has 0 heterocycles. The van der Waals surface area contributed by atoms with Crippen molar-refractivity contribution in [1.29, 1.82) is 0 Å². The minimum absolute atomic E-state index is 0.650. The van der Waals surface area contributed by atoms with E-state index in [9.17, 15) is 4.79 Å². The second kappa shape index (κ2) is 4.92. The second-order valence-corrected chi connectivity index (χ2v) is 2.46. The molecule has 0 fully saturated rings. The summed E-state index contributed by atoms with van der Waals surface area (Å²) in [5.74, 6) is 0. The van der Waals surface area contributed by atoms with Crippen LogP contribution in [0.4, 0.5) is 4.79 Å². The molecule has 0 aliphatic heterocycles. The Labute approximate surface area is 76.5 Å². The largest absolute Gasteiger partial charge is 0.350 e. The van der Waals surface area contributed by atoms with Gasteiger partial charge in [0.15, 0.2) is 0 Å². The van der Waals surface area contributed by atoms with E-state index in [4.69, 9.17) is 5.73 Å². The van der Waals surface area contributed by atoms with Crippen LogP contribution in [0.5, 0.6) is 0 Å². The highest BCUT2D eigenvalue weighted by Gasteiger charge is 1.93. The molecule has 4 heteroatoms. The molecule has 3 N–H and O–H groups in total. The number of urea groups is 1. The molecular formula is C9H11N3O. The summed E-state index contributed by atoms with van der Waals surface area (Å²) in [6.45, 7) is 0. The topological polar surface area (TPSA) is 67.5 Å². The Balaban J connectivity index is 2.63. The second-order valence-electron chi connectivity index (χ2n) is 2.46. The number of nitrogens with two attached hydrogens (primary N) is 1. The summed E-state index contributed by atoms with van der Waals surface area (Å²) >= 11 is 0. The minimum Gasteiger partial charge on any atom is -0.350 e. The highest BCUT2D eigenvalue weighted by Crippen LogP contribution is 1.96. The van der Waals surface area contributed by atoms with Crippen molar-refractivity contribution < 1.29 is 4.79 Å². The summed E-state index contributed by atoms with van der Waals surface area (Å²) in [7, 11) is 0. The molecular weight excluding hydrogens is 166 g/mol. The van der Waals surface area contributed by atoms with Crippen molar-refractivity contribution in [3.8, 4) is 0 Å². The number of hydrogen-bond acceptors (Lipinski definition) is 2. The van der Waals surface area contributed by atoms with Crippen molar-refractivity contribution in [3.63, 3.8) is 0 Å². The third-order valence-electron chi connectivity index (χ3n) is 1.39. The smallest absolute Gasteiger partial charge is 0.332 e. The number of amides is 2. The first-order chi connectivity index (χ1) is 6.29. The predicted octanol–water partition coefficient (Wildman–Crippen LogP) is 1.08. The summed E-state index contributed by atoms with van der Waals surface area (Å²) in [6.07, 6.45) is 12.0. The Bertz CT molecular complexity index is 300. The van der Waals surface area contributed by atoms with Gasteiger partial charge in [0.2, 0.25) is 0 Å². The number of hydrogen-bond donors (Lipinski definition) is 2. The number of carbonyl (C=O) groups excluding carboxylic acids is 1. The number of primary amides is 1. The number of nitrogens with zero attached hydrogens (tertiary/aromatic N) is 1. The predicted molar refractivity (Wildman–Crippen MR) is 52.2 cm³/mol. The van der Waals surface area contributed by atoms with E-state index in [-0.39, 0.29) is 0 Å². The summed E-state index contributed by atoms with van der Waals surface area (Å²) in [4.78, 5) is 10.3. The first-order valence-electron chi connectivity index (χ1n) is 3.91. The van der Waals surface area contributed by atoms with Gasteiger partial charge < -0.3 is 5.73 Å². The summed E-state index contributed by atoms with van der Waals surface area (Å²) in [6, 6.07) is -0.650. The molecule has 0 radical (unpaired) electrons. The monoisotopic (exact) mass is 177 g/mol. The molecule has 0 saturated heterocycles. The lowest BCUT2D eigenvalue weighted by Crippen LogP contribution is -2.25. The fourth-order valence-corrected chi connectivity index (χ4v) is 0.840. The molecule has 68 valence electrons. The van der Waals surface area contributed by atoms with Gasteiger partial charge in [0.05, 0.1) is 5.71 Å². The lowest BCUT2D eigenvalue weighted by Gasteiger charge is -1.98. The molecule has 0 spiro atoms. The van der Waals surface area contributed by atoms with Crippen LogP contribution in [0.3, 0.4) is 0 Å². The van der Waals surface area contributed by atoms with Crippen molar-refractivity contribution in [1.82, 2.24) is 5.43 Å². The molecule has 4 nitrogen and oxygen atoms in total. The zero-order valence-electron chi connectivity index (χ0n) is 7.10. The molecule has 0 aromatic rings. The molecule has 1 rings (SSSR count). The first kappa shape index (κ1) is 9.25. The van der Waals surface area contributed by atoms with Gasteiger partial charge in [0.1, 0.15) is 0 Å². The van der Waals surface area contributed by atoms with E-state index in [2.05, 4.69) is 10.5 Å². The number of rotatable bonds is 1. The quantitative estimate of drug-likeness (QED) is 0.578. The van der Waals surface area contributed by atoms with Crippen LogP contribution in [-0.4, -0.2) is 11.7 Å². The van der Waals surface area contributed by atoms with Crippen LogP contribution >= 0.6 is 0 Å². The van der Waals surface area contributed by atoms with Gasteiger partial charge in [-0.1, -0.05) is 30.4 Å². The average Bonchev–Trinajstić information content (AvgIpc) is 2.01. The lowest BCUT2D eigenvalue weighted by molar-refractivity contribution is 0.249. The van der Waals surface area contributed by atoms with E-state index in [1.807, 2.05) is 36.5 Å². The standard InChI is InChI=1S/C9H11N3O/c10-9(13)12-11-8-6-4-2-1-3-5-7-8/h1-6H,7H2,(H3,10,12,13)/b2-1-,5-3-,6-4-,11-8+. The van der Waals surface area contributed by atoms with Crippen LogP contribution in [0.25, 0.3) is 0 Å². The summed E-state index contributed by atoms with van der Waals surface area (Å²) in [5, 5.41) is 3.80. The van der Waals surface area contributed by atoms with Crippen molar-refractivity contribution in [2.75, 3.05) is 0 Å². The molecule has 13 heavy (non-hydrogen) atoms. The van der Waals surface area contributed by atoms with E-state index >= 15 is 0 Å². The number of allylic oxidation sites excluding steroid dienone is 6. The fourth-order valence-electron chi connectivity index (χ4n) is 0.840. The number of carbonyl (C=O) groups is 1. The molecule has 0 aromatic heterocycles. The maximum atomic E-state index is 10.3. The van der Waals surface area contributed by atoms with Gasteiger partial charge in [-0.05, 0) is 6.08 Å². The van der Waals surface area contributed by atoms with Gasteiger partial charge in [0, 0.05) is 6.42 Å². The van der Waals surface area contributed by atoms with E-state index in [1.54, 1.807) is 0 Å². The molecule has 0 aromatic carbocycles. The van der Waals surface area contributed by atoms with Crippen LogP contribution in [0.15, 0.2) is 41.6 Å². The van der Waals surface area contributed by atoms with Gasteiger partial charge in [0.25, 0.3) is 0 Å². The lowest BCUT2D eigenvalue weighted by atomic mass is 10.2. The number of hydrazone groups is 1. The highest BCUT2D eigenvalue weighted by atomic mass is 16.2. The molecule has 0 atom stereocenters. The Morgan fingerprint density at radius 1 is 1.38 bits per heavy atom. The van der Waals surface area contributed by atoms with E-state index in [1.165, 1.54) is 0 Å². The first-order valence-corrected chi connectivity index (χ1v) is 3.91. The van der Waals surface area contributed by atoms with Gasteiger partial charge in [-0.3, -0.25) is 0 Å². The molecule has 1 aliphatic rings. The van der Waals surface area contributed by atoms with Crippen LogP contribution in [-0.2, 0) is 0 Å². The molecule has 0 bridgehead atoms. The summed E-state index contributed by atoms with van der Waals surface area (Å²) in [5.41, 5.74) is 7.81. The van der Waals surface area contributed by atoms with E-state index in [0.717, 1.165) is 5.71 Å². The Morgan fingerprint density at radius 2 is 2.15 bits per heavy atom. The Kier molecular flexibility index (Phi) is 3.50. The molecule has 2 amide bonds. The van der Waals surface area contributed by atoms with Crippen molar-refractivity contribution in [3.05, 3.63) is 36.5 Å². The normalized spacial score (nSPS) is 25.7. The van der Waals surface area contributed by atoms with Crippen LogP contribution in [0, 0.1) is 0 Å². The number of nitrogens with one attached hydrogen (secondary N) is 1. The van der Waals surface area contributed by atoms with Crippen LogP contribution in [0.1, 0.15) is 6.42 Å². The van der Waals surface area contributed by atoms with Crippen molar-refractivity contribution in [2.24, 2.45) is 10.8 Å². The van der Waals surface area contributed by atoms with Gasteiger partial charge >= 0.3 is 6.03 Å². The Hall–Kier alpha value is -1.84. The zero-order valence-corrected chi connectivity index (χ0v) is 7.10. The Morgan fingerprint density at radius 3 is 2.92 bits per heavy atom. The maximum Gasteiger partial charge on any atom is 0.332 e. The molecule has 0 saturated carbocycles. The zero-order chi connectivity index (χ0) is 9.52. The molecule has 0 unspecified atom stereocenters. The van der Waals surface area contributed by atoms with E-state index in [0.29, 0.717) is 6.42 Å². The highest BCUT2D eigenvalue weighted by molar-refractivity contribution is 5.96. The van der Waals surface area contributed by atoms with Crippen molar-refractivity contribution in [2.45, 2.75) is 6.42 Å². The van der Waals surface area contributed by atoms with Gasteiger partial charge in [-0.25, -0.2) is 10.2 Å².